The summed E-state index contributed by atoms with van der Waals surface area (Å²) in [5.74, 6) is -0.589. The van der Waals surface area contributed by atoms with Crippen molar-refractivity contribution in [2.75, 3.05) is 11.9 Å². The minimum absolute atomic E-state index is 0.0868. The maximum Gasteiger partial charge on any atom is 0.422 e. The number of carbonyl (C=O) groups excluding carboxylic acids is 1. The number of hydrogen-bond acceptors (Lipinski definition) is 3. The molecule has 158 valence electrons. The zero-order valence-electron chi connectivity index (χ0n) is 15.0. The second-order valence-corrected chi connectivity index (χ2v) is 7.38. The molecule has 1 N–H and O–H groups in total. The first-order chi connectivity index (χ1) is 14.1. The van der Waals surface area contributed by atoms with Gasteiger partial charge in [-0.2, -0.15) is 18.3 Å². The van der Waals surface area contributed by atoms with E-state index in [0.29, 0.717) is 16.6 Å². The second kappa shape index (κ2) is 9.16. The molecular weight excluding hydrogens is 466 g/mol. The van der Waals surface area contributed by atoms with Crippen molar-refractivity contribution in [1.82, 2.24) is 9.78 Å². The van der Waals surface area contributed by atoms with Gasteiger partial charge in [0, 0.05) is 11.8 Å². The van der Waals surface area contributed by atoms with Crippen molar-refractivity contribution in [3.05, 3.63) is 74.9 Å². The zero-order chi connectivity index (χ0) is 21.9. The van der Waals surface area contributed by atoms with Gasteiger partial charge in [0.25, 0.3) is 5.91 Å². The van der Waals surface area contributed by atoms with Crippen LogP contribution in [0, 0.1) is 0 Å². The van der Waals surface area contributed by atoms with Gasteiger partial charge in [0.05, 0.1) is 16.6 Å². The van der Waals surface area contributed by atoms with Crippen LogP contribution in [0.1, 0.15) is 15.9 Å². The Kier molecular flexibility index (Phi) is 6.80. The lowest BCUT2D eigenvalue weighted by Gasteiger charge is -2.10. The molecule has 5 nitrogen and oxygen atoms in total. The van der Waals surface area contributed by atoms with E-state index >= 15 is 0 Å². The SMILES string of the molecule is O=C(Nc1nn(Cc2ccc(Cl)c(Cl)c2)cc1Cl)c1cccc(OCC(F)(F)F)c1. The highest BCUT2D eigenvalue weighted by Crippen LogP contribution is 2.25. The molecule has 1 amide bonds. The fraction of sp³-hybridized carbons (Fsp3) is 0.158. The van der Waals surface area contributed by atoms with E-state index in [1.165, 1.54) is 35.1 Å². The molecule has 30 heavy (non-hydrogen) atoms. The number of alkyl halides is 3. The number of nitrogens with zero attached hydrogens (tertiary/aromatic N) is 2. The number of halogens is 6. The normalized spacial score (nSPS) is 11.4. The standard InChI is InChI=1S/C19H13Cl3F3N3O2/c20-14-5-4-11(6-15(14)21)8-28-9-16(22)17(27-28)26-18(29)12-2-1-3-13(7-12)30-10-19(23,24)25/h1-7,9H,8,10H2,(H,26,27,29). The van der Waals surface area contributed by atoms with Gasteiger partial charge in [-0.25, -0.2) is 0 Å². The Hall–Kier alpha value is -2.42. The molecule has 1 aromatic heterocycles. The Morgan fingerprint density at radius 3 is 2.53 bits per heavy atom. The molecule has 0 saturated carbocycles. The lowest BCUT2D eigenvalue weighted by molar-refractivity contribution is -0.153. The molecule has 1 heterocycles. The highest BCUT2D eigenvalue weighted by atomic mass is 35.5. The molecular formula is C19H13Cl3F3N3O2. The third-order valence-electron chi connectivity index (χ3n) is 3.78. The smallest absolute Gasteiger partial charge is 0.422 e. The van der Waals surface area contributed by atoms with Crippen molar-refractivity contribution in [2.45, 2.75) is 12.7 Å². The van der Waals surface area contributed by atoms with Gasteiger partial charge in [-0.15, -0.1) is 0 Å². The quantitative estimate of drug-likeness (QED) is 0.467. The largest absolute Gasteiger partial charge is 0.484 e. The first-order valence-corrected chi connectivity index (χ1v) is 9.52. The highest BCUT2D eigenvalue weighted by Gasteiger charge is 2.28. The fourth-order valence-corrected chi connectivity index (χ4v) is 2.98. The molecule has 0 aliphatic rings. The van der Waals surface area contributed by atoms with Crippen LogP contribution in [0.2, 0.25) is 15.1 Å². The van der Waals surface area contributed by atoms with Crippen LogP contribution in [0.3, 0.4) is 0 Å². The molecule has 0 radical (unpaired) electrons. The number of rotatable bonds is 6. The van der Waals surface area contributed by atoms with Crippen molar-refractivity contribution in [2.24, 2.45) is 0 Å². The van der Waals surface area contributed by atoms with Crippen molar-refractivity contribution >= 4 is 46.5 Å². The van der Waals surface area contributed by atoms with Gasteiger partial charge >= 0.3 is 6.18 Å². The first kappa shape index (κ1) is 22.3. The summed E-state index contributed by atoms with van der Waals surface area (Å²) in [4.78, 5) is 12.4. The molecule has 11 heteroatoms. The Bertz CT molecular complexity index is 1070. The minimum Gasteiger partial charge on any atom is -0.484 e. The third-order valence-corrected chi connectivity index (χ3v) is 4.79. The summed E-state index contributed by atoms with van der Waals surface area (Å²) in [5.41, 5.74) is 0.903. The maximum absolute atomic E-state index is 12.4. The van der Waals surface area contributed by atoms with Gasteiger partial charge in [0.2, 0.25) is 0 Å². The zero-order valence-corrected chi connectivity index (χ0v) is 17.3. The molecule has 3 aromatic rings. The van der Waals surface area contributed by atoms with E-state index in [1.54, 1.807) is 18.2 Å². The summed E-state index contributed by atoms with van der Waals surface area (Å²) in [6.45, 7) is -1.13. The summed E-state index contributed by atoms with van der Waals surface area (Å²) in [7, 11) is 0. The van der Waals surface area contributed by atoms with E-state index in [1.807, 2.05) is 0 Å². The van der Waals surface area contributed by atoms with E-state index in [-0.39, 0.29) is 22.2 Å². The number of nitrogens with one attached hydrogen (secondary N) is 1. The molecule has 2 aromatic carbocycles. The monoisotopic (exact) mass is 477 g/mol. The minimum atomic E-state index is -4.48. The number of aromatic nitrogens is 2. The van der Waals surface area contributed by atoms with Crippen LogP contribution < -0.4 is 10.1 Å². The predicted molar refractivity (Wildman–Crippen MR) is 109 cm³/mol. The molecule has 0 unspecified atom stereocenters. The molecule has 3 rings (SSSR count). The van der Waals surface area contributed by atoms with Gasteiger partial charge in [-0.3, -0.25) is 9.48 Å². The van der Waals surface area contributed by atoms with Gasteiger partial charge in [0.15, 0.2) is 12.4 Å². The van der Waals surface area contributed by atoms with Crippen molar-refractivity contribution in [3.8, 4) is 5.75 Å². The van der Waals surface area contributed by atoms with Crippen molar-refractivity contribution < 1.29 is 22.7 Å². The Morgan fingerprint density at radius 2 is 1.83 bits per heavy atom. The van der Waals surface area contributed by atoms with Crippen LogP contribution in [0.25, 0.3) is 0 Å². The number of amides is 1. The summed E-state index contributed by atoms with van der Waals surface area (Å²) < 4.78 is 43.0. The molecule has 0 fully saturated rings. The number of anilines is 1. The van der Waals surface area contributed by atoms with Crippen molar-refractivity contribution in [3.63, 3.8) is 0 Å². The summed E-state index contributed by atoms with van der Waals surface area (Å²) in [6.07, 6.45) is -2.96. The number of benzene rings is 2. The lowest BCUT2D eigenvalue weighted by atomic mass is 10.2. The number of hydrogen-bond donors (Lipinski definition) is 1. The van der Waals surface area contributed by atoms with E-state index in [4.69, 9.17) is 34.8 Å². The van der Waals surface area contributed by atoms with Gasteiger partial charge in [-0.1, -0.05) is 46.9 Å². The molecule has 0 atom stereocenters. The third kappa shape index (κ3) is 6.04. The summed E-state index contributed by atoms with van der Waals surface area (Å²) in [6, 6.07) is 10.5. The predicted octanol–water partition coefficient (Wildman–Crippen LogP) is 6.09. The summed E-state index contributed by atoms with van der Waals surface area (Å²) in [5, 5.41) is 7.74. The van der Waals surface area contributed by atoms with E-state index in [2.05, 4.69) is 15.2 Å². The number of ether oxygens (including phenoxy) is 1. The Morgan fingerprint density at radius 1 is 1.07 bits per heavy atom. The molecule has 0 spiro atoms. The van der Waals surface area contributed by atoms with E-state index in [9.17, 15) is 18.0 Å². The van der Waals surface area contributed by atoms with Gasteiger partial charge < -0.3 is 10.1 Å². The van der Waals surface area contributed by atoms with Crippen LogP contribution in [0.15, 0.2) is 48.7 Å². The van der Waals surface area contributed by atoms with Crippen LogP contribution in [0.4, 0.5) is 19.0 Å². The molecule has 0 saturated heterocycles. The molecule has 0 aliphatic carbocycles. The fourth-order valence-electron chi connectivity index (χ4n) is 2.46. The van der Waals surface area contributed by atoms with Crippen LogP contribution >= 0.6 is 34.8 Å². The van der Waals surface area contributed by atoms with Gasteiger partial charge in [0.1, 0.15) is 10.8 Å². The molecule has 0 bridgehead atoms. The lowest BCUT2D eigenvalue weighted by Crippen LogP contribution is -2.19. The average molecular weight is 479 g/mol. The van der Waals surface area contributed by atoms with Crippen molar-refractivity contribution in [1.29, 1.82) is 0 Å². The first-order valence-electron chi connectivity index (χ1n) is 8.38. The Labute approximate surface area is 184 Å². The average Bonchev–Trinajstić information content (AvgIpc) is 3.01. The highest BCUT2D eigenvalue weighted by molar-refractivity contribution is 6.42. The van der Waals surface area contributed by atoms with Gasteiger partial charge in [-0.05, 0) is 35.9 Å². The van der Waals surface area contributed by atoms with Crippen LogP contribution in [-0.2, 0) is 6.54 Å². The topological polar surface area (TPSA) is 56.2 Å². The summed E-state index contributed by atoms with van der Waals surface area (Å²) >= 11 is 18.0. The maximum atomic E-state index is 12.4. The van der Waals surface area contributed by atoms with Crippen LogP contribution in [-0.4, -0.2) is 28.5 Å². The second-order valence-electron chi connectivity index (χ2n) is 6.16. The number of carbonyl (C=O) groups is 1. The van der Waals surface area contributed by atoms with E-state index in [0.717, 1.165) is 5.56 Å². The molecule has 0 aliphatic heterocycles. The van der Waals surface area contributed by atoms with Crippen LogP contribution in [0.5, 0.6) is 5.75 Å². The Balaban J connectivity index is 1.69. The van der Waals surface area contributed by atoms with E-state index < -0.39 is 18.7 Å².